The van der Waals surface area contributed by atoms with Gasteiger partial charge in [-0.2, -0.15) is 11.3 Å². The summed E-state index contributed by atoms with van der Waals surface area (Å²) in [7, 11) is 0. The molecule has 0 aliphatic heterocycles. The van der Waals surface area contributed by atoms with Crippen LogP contribution in [0, 0.1) is 13.8 Å². The SMILES string of the molecule is CCC(OC(=O)c1sc(-c2ccsc2)nc1C)C(=O)Nc1cc(C)on1. The largest absolute Gasteiger partial charge is 0.448 e. The summed E-state index contributed by atoms with van der Waals surface area (Å²) in [6, 6.07) is 3.53. The third-order valence-corrected chi connectivity index (χ3v) is 5.41. The zero-order valence-electron chi connectivity index (χ0n) is 14.4. The zero-order valence-corrected chi connectivity index (χ0v) is 16.1. The van der Waals surface area contributed by atoms with Crippen LogP contribution in [-0.2, 0) is 9.53 Å². The molecule has 1 N–H and O–H groups in total. The zero-order chi connectivity index (χ0) is 18.7. The van der Waals surface area contributed by atoms with Gasteiger partial charge in [-0.05, 0) is 31.7 Å². The van der Waals surface area contributed by atoms with E-state index in [1.165, 1.54) is 11.3 Å². The van der Waals surface area contributed by atoms with Gasteiger partial charge in [-0.3, -0.25) is 4.79 Å². The standard InChI is InChI=1S/C17H17N3O4S2/c1-4-12(15(21)19-13-7-9(2)24-20-13)23-17(22)14-10(3)18-16(26-14)11-5-6-25-8-11/h5-8,12H,4H2,1-3H3,(H,19,20,21). The molecule has 7 nitrogen and oxygen atoms in total. The Morgan fingerprint density at radius 2 is 2.19 bits per heavy atom. The second-order valence-corrected chi connectivity index (χ2v) is 7.34. The van der Waals surface area contributed by atoms with Crippen LogP contribution in [0.2, 0.25) is 0 Å². The number of thiophene rings is 1. The minimum absolute atomic E-state index is 0.288. The number of ether oxygens (including phenoxy) is 1. The van der Waals surface area contributed by atoms with Crippen LogP contribution in [0.15, 0.2) is 27.4 Å². The number of aromatic nitrogens is 2. The van der Waals surface area contributed by atoms with Crippen molar-refractivity contribution in [3.63, 3.8) is 0 Å². The smallest absolute Gasteiger partial charge is 0.351 e. The van der Waals surface area contributed by atoms with E-state index >= 15 is 0 Å². The van der Waals surface area contributed by atoms with Gasteiger partial charge >= 0.3 is 5.97 Å². The van der Waals surface area contributed by atoms with Gasteiger partial charge < -0.3 is 14.6 Å². The molecular weight excluding hydrogens is 374 g/mol. The van der Waals surface area contributed by atoms with Crippen LogP contribution in [0.3, 0.4) is 0 Å². The Bertz CT molecular complexity index is 914. The number of amides is 1. The van der Waals surface area contributed by atoms with Gasteiger partial charge in [0.1, 0.15) is 15.6 Å². The van der Waals surface area contributed by atoms with Crippen LogP contribution >= 0.6 is 22.7 Å². The Labute approximate surface area is 158 Å². The highest BCUT2D eigenvalue weighted by Crippen LogP contribution is 2.30. The van der Waals surface area contributed by atoms with Crippen molar-refractivity contribution >= 4 is 40.4 Å². The van der Waals surface area contributed by atoms with Crippen molar-refractivity contribution in [3.8, 4) is 10.6 Å². The number of anilines is 1. The molecule has 0 fully saturated rings. The lowest BCUT2D eigenvalue weighted by atomic mass is 10.2. The van der Waals surface area contributed by atoms with Crippen molar-refractivity contribution in [3.05, 3.63) is 39.2 Å². The second-order valence-electron chi connectivity index (χ2n) is 5.56. The molecule has 0 bridgehead atoms. The number of carbonyl (C=O) groups excluding carboxylic acids is 2. The lowest BCUT2D eigenvalue weighted by Gasteiger charge is -2.14. The number of rotatable bonds is 6. The monoisotopic (exact) mass is 391 g/mol. The Morgan fingerprint density at radius 1 is 1.38 bits per heavy atom. The highest BCUT2D eigenvalue weighted by atomic mass is 32.1. The van der Waals surface area contributed by atoms with Gasteiger partial charge in [-0.1, -0.05) is 12.1 Å². The van der Waals surface area contributed by atoms with E-state index in [4.69, 9.17) is 9.26 Å². The Balaban J connectivity index is 1.70. The van der Waals surface area contributed by atoms with Gasteiger partial charge in [0.15, 0.2) is 11.9 Å². The molecule has 1 unspecified atom stereocenters. The predicted octanol–water partition coefficient (Wildman–Crippen LogP) is 4.05. The average molecular weight is 391 g/mol. The lowest BCUT2D eigenvalue weighted by Crippen LogP contribution is -2.32. The van der Waals surface area contributed by atoms with E-state index in [0.29, 0.717) is 22.8 Å². The number of hydrogen-bond acceptors (Lipinski definition) is 8. The molecule has 3 rings (SSSR count). The first-order chi connectivity index (χ1) is 12.5. The third-order valence-electron chi connectivity index (χ3n) is 3.54. The maximum atomic E-state index is 12.5. The molecule has 3 heterocycles. The molecule has 0 saturated carbocycles. The number of aryl methyl sites for hydroxylation is 2. The van der Waals surface area contributed by atoms with Crippen LogP contribution < -0.4 is 5.32 Å². The van der Waals surface area contributed by atoms with Crippen molar-refractivity contribution in [2.45, 2.75) is 33.3 Å². The molecule has 1 atom stereocenters. The number of nitrogens with one attached hydrogen (secondary N) is 1. The number of thiazole rings is 1. The van der Waals surface area contributed by atoms with Crippen molar-refractivity contribution in [1.82, 2.24) is 10.1 Å². The van der Waals surface area contributed by atoms with Crippen molar-refractivity contribution in [2.75, 3.05) is 5.32 Å². The number of hydrogen-bond donors (Lipinski definition) is 1. The first-order valence-corrected chi connectivity index (χ1v) is 9.69. The fraction of sp³-hybridized carbons (Fsp3) is 0.294. The molecule has 26 heavy (non-hydrogen) atoms. The minimum atomic E-state index is -0.925. The molecular formula is C17H17N3O4S2. The summed E-state index contributed by atoms with van der Waals surface area (Å²) in [6.07, 6.45) is -0.588. The molecule has 9 heteroatoms. The van der Waals surface area contributed by atoms with E-state index in [-0.39, 0.29) is 5.82 Å². The van der Waals surface area contributed by atoms with Gasteiger partial charge in [0.25, 0.3) is 5.91 Å². The van der Waals surface area contributed by atoms with Gasteiger partial charge in [0, 0.05) is 17.0 Å². The summed E-state index contributed by atoms with van der Waals surface area (Å²) >= 11 is 2.82. The van der Waals surface area contributed by atoms with E-state index in [2.05, 4.69) is 15.5 Å². The molecule has 0 aliphatic carbocycles. The molecule has 136 valence electrons. The van der Waals surface area contributed by atoms with Crippen LogP contribution in [0.4, 0.5) is 5.82 Å². The Hall–Kier alpha value is -2.52. The van der Waals surface area contributed by atoms with E-state index < -0.39 is 18.0 Å². The summed E-state index contributed by atoms with van der Waals surface area (Å²) in [4.78, 5) is 29.7. The van der Waals surface area contributed by atoms with E-state index in [0.717, 1.165) is 10.6 Å². The molecule has 0 aromatic carbocycles. The number of carbonyl (C=O) groups is 2. The van der Waals surface area contributed by atoms with Crippen molar-refractivity contribution in [2.24, 2.45) is 0 Å². The third kappa shape index (κ3) is 4.00. The summed E-state index contributed by atoms with van der Waals surface area (Å²) in [5, 5.41) is 11.0. The Morgan fingerprint density at radius 3 is 2.81 bits per heavy atom. The average Bonchev–Trinajstić information content (AvgIpc) is 3.33. The fourth-order valence-electron chi connectivity index (χ4n) is 2.23. The molecule has 0 spiro atoms. The lowest BCUT2D eigenvalue weighted by molar-refractivity contribution is -0.124. The number of esters is 1. The maximum Gasteiger partial charge on any atom is 0.351 e. The minimum Gasteiger partial charge on any atom is -0.448 e. The topological polar surface area (TPSA) is 94.3 Å². The molecule has 1 amide bonds. The Kier molecular flexibility index (Phi) is 5.48. The second kappa shape index (κ2) is 7.79. The highest BCUT2D eigenvalue weighted by Gasteiger charge is 2.25. The first kappa shape index (κ1) is 18.3. The van der Waals surface area contributed by atoms with E-state index in [9.17, 15) is 9.59 Å². The summed E-state index contributed by atoms with van der Waals surface area (Å²) in [5.41, 5.74) is 1.55. The molecule has 0 aliphatic rings. The van der Waals surface area contributed by atoms with Crippen LogP contribution in [0.1, 0.15) is 34.5 Å². The molecule has 3 aromatic rings. The van der Waals surface area contributed by atoms with Crippen LogP contribution in [-0.4, -0.2) is 28.1 Å². The van der Waals surface area contributed by atoms with Crippen molar-refractivity contribution < 1.29 is 18.8 Å². The molecule has 0 saturated heterocycles. The molecule has 0 radical (unpaired) electrons. The summed E-state index contributed by atoms with van der Waals surface area (Å²) < 4.78 is 10.3. The van der Waals surface area contributed by atoms with E-state index in [1.54, 1.807) is 38.2 Å². The van der Waals surface area contributed by atoms with Gasteiger partial charge in [0.05, 0.1) is 5.69 Å². The van der Waals surface area contributed by atoms with Gasteiger partial charge in [0.2, 0.25) is 0 Å². The van der Waals surface area contributed by atoms with Gasteiger partial charge in [-0.15, -0.1) is 11.3 Å². The van der Waals surface area contributed by atoms with E-state index in [1.807, 2.05) is 16.8 Å². The van der Waals surface area contributed by atoms with Crippen LogP contribution in [0.5, 0.6) is 0 Å². The molecule has 3 aromatic heterocycles. The quantitative estimate of drug-likeness (QED) is 0.637. The highest BCUT2D eigenvalue weighted by molar-refractivity contribution is 7.17. The van der Waals surface area contributed by atoms with Gasteiger partial charge in [-0.25, -0.2) is 9.78 Å². The fourth-order valence-corrected chi connectivity index (χ4v) is 3.89. The maximum absolute atomic E-state index is 12.5. The van der Waals surface area contributed by atoms with Crippen LogP contribution in [0.25, 0.3) is 10.6 Å². The first-order valence-electron chi connectivity index (χ1n) is 7.93. The summed E-state index contributed by atoms with van der Waals surface area (Å²) in [5.74, 6) is -0.142. The summed E-state index contributed by atoms with van der Waals surface area (Å²) in [6.45, 7) is 5.24. The number of nitrogens with zero attached hydrogens (tertiary/aromatic N) is 2. The van der Waals surface area contributed by atoms with Crippen molar-refractivity contribution in [1.29, 1.82) is 0 Å². The normalized spacial score (nSPS) is 12.0. The predicted molar refractivity (Wildman–Crippen MR) is 99.5 cm³/mol.